The van der Waals surface area contributed by atoms with Crippen LogP contribution in [0.4, 0.5) is 0 Å². The van der Waals surface area contributed by atoms with E-state index >= 15 is 0 Å². The third kappa shape index (κ3) is 2.16. The van der Waals surface area contributed by atoms with Gasteiger partial charge in [0.25, 0.3) is 0 Å². The zero-order valence-corrected chi connectivity index (χ0v) is 10.5. The van der Waals surface area contributed by atoms with Crippen LogP contribution in [0.15, 0.2) is 11.6 Å². The van der Waals surface area contributed by atoms with Gasteiger partial charge in [-0.25, -0.2) is 0 Å². The predicted molar refractivity (Wildman–Crippen MR) is 64.4 cm³/mol. The maximum absolute atomic E-state index is 10.2. The Balaban J connectivity index is 1.82. The second kappa shape index (κ2) is 4.71. The van der Waals surface area contributed by atoms with Crippen LogP contribution in [-0.2, 0) is 9.47 Å². The van der Waals surface area contributed by atoms with Crippen molar-refractivity contribution in [2.45, 2.75) is 45.0 Å². The van der Waals surface area contributed by atoms with Gasteiger partial charge in [-0.05, 0) is 32.1 Å². The van der Waals surface area contributed by atoms with E-state index in [1.807, 2.05) is 0 Å². The van der Waals surface area contributed by atoms with E-state index in [9.17, 15) is 5.11 Å². The highest BCUT2D eigenvalue weighted by Crippen LogP contribution is 2.45. The number of aliphatic hydroxyl groups is 1. The average molecular weight is 238 g/mol. The molecule has 3 heteroatoms. The van der Waals surface area contributed by atoms with Crippen molar-refractivity contribution in [3.8, 4) is 0 Å². The fourth-order valence-electron chi connectivity index (χ4n) is 3.81. The molecule has 1 N–H and O–H groups in total. The summed E-state index contributed by atoms with van der Waals surface area (Å²) >= 11 is 0. The lowest BCUT2D eigenvalue weighted by Crippen LogP contribution is -2.42. The fraction of sp³-hybridized carbons (Fsp3) is 0.857. The molecule has 17 heavy (non-hydrogen) atoms. The van der Waals surface area contributed by atoms with Crippen LogP contribution in [0, 0.1) is 17.8 Å². The smallest absolute Gasteiger partial charge is 0.161 e. The molecule has 0 bridgehead atoms. The van der Waals surface area contributed by atoms with Gasteiger partial charge in [-0.1, -0.05) is 18.1 Å². The standard InChI is InChI=1S/C14H22O3/c1-9-7-11-10(3-2-4-13(11)15)12(8-9)14-16-5-6-17-14/h7,10-15H,2-6,8H2,1H3/t10-,11+,12-,13-/m0/s1. The van der Waals surface area contributed by atoms with Gasteiger partial charge in [-0.15, -0.1) is 0 Å². The van der Waals surface area contributed by atoms with Crippen molar-refractivity contribution in [1.82, 2.24) is 0 Å². The van der Waals surface area contributed by atoms with E-state index in [4.69, 9.17) is 9.47 Å². The van der Waals surface area contributed by atoms with Crippen LogP contribution in [0.5, 0.6) is 0 Å². The van der Waals surface area contributed by atoms with Gasteiger partial charge in [0, 0.05) is 11.8 Å². The summed E-state index contributed by atoms with van der Waals surface area (Å²) in [6.07, 6.45) is 6.46. The molecule has 4 atom stereocenters. The number of fused-ring (bicyclic) bond motifs is 1. The Labute approximate surface area is 103 Å². The molecule has 0 aromatic heterocycles. The molecule has 0 unspecified atom stereocenters. The van der Waals surface area contributed by atoms with Crippen LogP contribution in [0.2, 0.25) is 0 Å². The van der Waals surface area contributed by atoms with Gasteiger partial charge in [0.15, 0.2) is 6.29 Å². The Morgan fingerprint density at radius 3 is 2.71 bits per heavy atom. The molecule has 1 saturated carbocycles. The lowest BCUT2D eigenvalue weighted by Gasteiger charge is -2.43. The van der Waals surface area contributed by atoms with E-state index in [2.05, 4.69) is 13.0 Å². The Morgan fingerprint density at radius 1 is 1.18 bits per heavy atom. The molecule has 0 aromatic rings. The maximum Gasteiger partial charge on any atom is 0.161 e. The van der Waals surface area contributed by atoms with Crippen molar-refractivity contribution in [2.24, 2.45) is 17.8 Å². The summed E-state index contributed by atoms with van der Waals surface area (Å²) in [4.78, 5) is 0. The number of aliphatic hydroxyl groups excluding tert-OH is 1. The molecule has 2 aliphatic carbocycles. The van der Waals surface area contributed by atoms with Gasteiger partial charge in [0.05, 0.1) is 19.3 Å². The first kappa shape index (κ1) is 11.7. The first-order chi connectivity index (χ1) is 8.25. The van der Waals surface area contributed by atoms with Crippen molar-refractivity contribution in [3.63, 3.8) is 0 Å². The Hall–Kier alpha value is -0.380. The normalized spacial score (nSPS) is 43.3. The summed E-state index contributed by atoms with van der Waals surface area (Å²) < 4.78 is 11.4. The van der Waals surface area contributed by atoms with E-state index in [-0.39, 0.29) is 12.4 Å². The monoisotopic (exact) mass is 238 g/mol. The van der Waals surface area contributed by atoms with Crippen molar-refractivity contribution < 1.29 is 14.6 Å². The Morgan fingerprint density at radius 2 is 1.94 bits per heavy atom. The maximum atomic E-state index is 10.2. The van der Waals surface area contributed by atoms with Crippen LogP contribution in [-0.4, -0.2) is 30.7 Å². The van der Waals surface area contributed by atoms with E-state index in [0.29, 0.717) is 17.8 Å². The van der Waals surface area contributed by atoms with Crippen molar-refractivity contribution in [1.29, 1.82) is 0 Å². The minimum Gasteiger partial charge on any atom is -0.393 e. The minimum atomic E-state index is -0.159. The topological polar surface area (TPSA) is 38.7 Å². The number of hydrogen-bond acceptors (Lipinski definition) is 3. The van der Waals surface area contributed by atoms with Gasteiger partial charge in [0.1, 0.15) is 0 Å². The van der Waals surface area contributed by atoms with Crippen LogP contribution >= 0.6 is 0 Å². The molecule has 1 heterocycles. The molecule has 3 nitrogen and oxygen atoms in total. The average Bonchev–Trinajstić information content (AvgIpc) is 2.83. The van der Waals surface area contributed by atoms with E-state index in [0.717, 1.165) is 32.5 Å². The molecule has 3 aliphatic rings. The van der Waals surface area contributed by atoms with Crippen LogP contribution in [0.1, 0.15) is 32.6 Å². The second-order valence-electron chi connectivity index (χ2n) is 5.73. The van der Waals surface area contributed by atoms with Crippen LogP contribution in [0.25, 0.3) is 0 Å². The third-order valence-electron chi connectivity index (χ3n) is 4.56. The molecule has 0 amide bonds. The second-order valence-corrected chi connectivity index (χ2v) is 5.73. The lowest BCUT2D eigenvalue weighted by atomic mass is 9.65. The highest BCUT2D eigenvalue weighted by Gasteiger charge is 2.43. The lowest BCUT2D eigenvalue weighted by molar-refractivity contribution is -0.119. The summed E-state index contributed by atoms with van der Waals surface area (Å²) in [5.74, 6) is 1.32. The summed E-state index contributed by atoms with van der Waals surface area (Å²) in [6, 6.07) is 0. The Bertz CT molecular complexity index is 307. The van der Waals surface area contributed by atoms with Crippen LogP contribution < -0.4 is 0 Å². The summed E-state index contributed by atoms with van der Waals surface area (Å²) in [5.41, 5.74) is 1.39. The molecule has 96 valence electrons. The van der Waals surface area contributed by atoms with Crippen molar-refractivity contribution in [2.75, 3.05) is 13.2 Å². The number of rotatable bonds is 1. The third-order valence-corrected chi connectivity index (χ3v) is 4.56. The zero-order valence-electron chi connectivity index (χ0n) is 10.5. The molecule has 2 fully saturated rings. The van der Waals surface area contributed by atoms with E-state index in [1.54, 1.807) is 0 Å². The molecule has 3 rings (SSSR count). The summed E-state index contributed by atoms with van der Waals surface area (Å²) in [7, 11) is 0. The first-order valence-electron chi connectivity index (χ1n) is 6.84. The van der Waals surface area contributed by atoms with Gasteiger partial charge in [-0.3, -0.25) is 0 Å². The SMILES string of the molecule is CC1=C[C@@H]2[C@H](CCC[C@@H]2O)[C@@H](C2OCCO2)C1. The largest absolute Gasteiger partial charge is 0.393 e. The molecule has 1 saturated heterocycles. The van der Waals surface area contributed by atoms with E-state index < -0.39 is 0 Å². The predicted octanol–water partition coefficient (Wildman–Crippen LogP) is 2.10. The number of allylic oxidation sites excluding steroid dienone is 1. The van der Waals surface area contributed by atoms with Gasteiger partial charge >= 0.3 is 0 Å². The van der Waals surface area contributed by atoms with Crippen molar-refractivity contribution >= 4 is 0 Å². The summed E-state index contributed by atoms with van der Waals surface area (Å²) in [5, 5.41) is 10.2. The highest BCUT2D eigenvalue weighted by atomic mass is 16.7. The molecule has 0 aromatic carbocycles. The highest BCUT2D eigenvalue weighted by molar-refractivity contribution is 5.13. The van der Waals surface area contributed by atoms with Gasteiger partial charge < -0.3 is 14.6 Å². The zero-order chi connectivity index (χ0) is 11.8. The van der Waals surface area contributed by atoms with Crippen LogP contribution in [0.3, 0.4) is 0 Å². The van der Waals surface area contributed by atoms with E-state index in [1.165, 1.54) is 12.0 Å². The fourth-order valence-corrected chi connectivity index (χ4v) is 3.81. The Kier molecular flexibility index (Phi) is 3.24. The molecule has 0 spiro atoms. The quantitative estimate of drug-likeness (QED) is 0.711. The minimum absolute atomic E-state index is 0.0311. The van der Waals surface area contributed by atoms with Crippen molar-refractivity contribution in [3.05, 3.63) is 11.6 Å². The number of ether oxygens (including phenoxy) is 2. The number of hydrogen-bond donors (Lipinski definition) is 1. The molecule has 1 aliphatic heterocycles. The van der Waals surface area contributed by atoms with Gasteiger partial charge in [-0.2, -0.15) is 0 Å². The first-order valence-corrected chi connectivity index (χ1v) is 6.84. The molecular weight excluding hydrogens is 216 g/mol. The molecular formula is C14H22O3. The van der Waals surface area contributed by atoms with Gasteiger partial charge in [0.2, 0.25) is 0 Å². The summed E-state index contributed by atoms with van der Waals surface area (Å²) in [6.45, 7) is 3.62. The molecule has 0 radical (unpaired) electrons.